The molecule has 0 aliphatic carbocycles. The Hall–Kier alpha value is -0.540. The molecule has 2 fully saturated rings. The second-order valence-corrected chi connectivity index (χ2v) is 11.0. The first-order valence-electron chi connectivity index (χ1n) is 11.5. The molecular weight excluding hydrogens is 493 g/mol. The highest BCUT2D eigenvalue weighted by Gasteiger charge is 1.98. The zero-order valence-corrected chi connectivity index (χ0v) is 25.0. The van der Waals surface area contributed by atoms with E-state index < -0.39 is 0 Å². The van der Waals surface area contributed by atoms with Gasteiger partial charge >= 0.3 is 11.9 Å². The molecule has 0 bridgehead atoms. The SMILES string of the molecule is C#C.C#C.C1CSSC1.C1CSSC1.CC.CCCCC(=O)OC.CCCCC(=O)OCC. The van der Waals surface area contributed by atoms with E-state index in [0.29, 0.717) is 19.4 Å². The summed E-state index contributed by atoms with van der Waals surface area (Å²) in [5, 5.41) is 0. The Kier molecular flexibility index (Phi) is 63.0. The highest BCUT2D eigenvalue weighted by molar-refractivity contribution is 8.77. The summed E-state index contributed by atoms with van der Waals surface area (Å²) < 4.78 is 9.12. The average Bonchev–Trinajstić information content (AvgIpc) is 3.65. The minimum absolute atomic E-state index is 0.0700. The molecule has 196 valence electrons. The first kappa shape index (κ1) is 42.6. The van der Waals surface area contributed by atoms with Crippen molar-refractivity contribution in [2.24, 2.45) is 0 Å². The van der Waals surface area contributed by atoms with Crippen molar-refractivity contribution in [1.29, 1.82) is 0 Å². The van der Waals surface area contributed by atoms with Gasteiger partial charge in [-0.3, -0.25) is 9.59 Å². The Morgan fingerprint density at radius 3 is 1.24 bits per heavy atom. The molecule has 0 radical (unpaired) electrons. The van der Waals surface area contributed by atoms with Gasteiger partial charge in [0.05, 0.1) is 13.7 Å². The van der Waals surface area contributed by atoms with Gasteiger partial charge in [-0.25, -0.2) is 0 Å². The van der Waals surface area contributed by atoms with Crippen LogP contribution in [0.25, 0.3) is 0 Å². The topological polar surface area (TPSA) is 52.6 Å². The Balaban J connectivity index is -0.0000000996. The molecule has 0 amide bonds. The first-order valence-corrected chi connectivity index (χ1v) is 16.5. The predicted octanol–water partition coefficient (Wildman–Crippen LogP) is 8.16. The Bertz CT molecular complexity index is 363. The summed E-state index contributed by atoms with van der Waals surface area (Å²) in [4.78, 5) is 20.9. The van der Waals surface area contributed by atoms with Crippen LogP contribution in [-0.2, 0) is 19.1 Å². The fourth-order valence-electron chi connectivity index (χ4n) is 1.57. The molecule has 2 rings (SSSR count). The second kappa shape index (κ2) is 48.8. The number of ether oxygens (including phenoxy) is 2. The number of hydrogen-bond acceptors (Lipinski definition) is 8. The van der Waals surface area contributed by atoms with Crippen LogP contribution in [-0.4, -0.2) is 48.7 Å². The lowest BCUT2D eigenvalue weighted by atomic mass is 10.3. The zero-order chi connectivity index (χ0) is 26.6. The van der Waals surface area contributed by atoms with Crippen LogP contribution in [0.5, 0.6) is 0 Å². The molecule has 0 aromatic rings. The molecule has 8 heteroatoms. The van der Waals surface area contributed by atoms with Crippen LogP contribution >= 0.6 is 43.2 Å². The predicted molar refractivity (Wildman–Crippen MR) is 158 cm³/mol. The van der Waals surface area contributed by atoms with Crippen molar-refractivity contribution in [3.05, 3.63) is 0 Å². The standard InChI is InChI=1S/C7H14O2.C6H12O2.2C3H6S2.C2H6.2C2H2/c1-3-5-6-7(8)9-4-2;1-3-4-5-6(7)8-2;2*1-2-4-5-3-1;3*1-2/h3-6H2,1-2H3;3-5H2,1-2H3;2*1-3H2;1-2H3;2*1-2H. The fraction of sp³-hybridized carbons (Fsp3) is 0.760. The third-order valence-electron chi connectivity index (χ3n) is 3.08. The maximum atomic E-state index is 10.6. The molecule has 2 aliphatic heterocycles. The minimum atomic E-state index is -0.105. The van der Waals surface area contributed by atoms with E-state index in [2.05, 4.69) is 37.4 Å². The van der Waals surface area contributed by atoms with Gasteiger partial charge in [0, 0.05) is 35.9 Å². The van der Waals surface area contributed by atoms with E-state index >= 15 is 0 Å². The van der Waals surface area contributed by atoms with Crippen LogP contribution in [0.15, 0.2) is 0 Å². The normalized spacial score (nSPS) is 12.2. The van der Waals surface area contributed by atoms with Crippen LogP contribution in [0.3, 0.4) is 0 Å². The van der Waals surface area contributed by atoms with E-state index in [4.69, 9.17) is 4.74 Å². The molecule has 2 heterocycles. The Morgan fingerprint density at radius 2 is 1.03 bits per heavy atom. The highest BCUT2D eigenvalue weighted by Crippen LogP contribution is 2.30. The van der Waals surface area contributed by atoms with E-state index in [0.717, 1.165) is 25.7 Å². The molecule has 0 aromatic heterocycles. The number of carbonyl (C=O) groups excluding carboxylic acids is 2. The molecule has 4 nitrogen and oxygen atoms in total. The molecule has 2 aliphatic rings. The van der Waals surface area contributed by atoms with Crippen LogP contribution in [0.1, 0.15) is 86.0 Å². The highest BCUT2D eigenvalue weighted by atomic mass is 33.1. The van der Waals surface area contributed by atoms with Crippen molar-refractivity contribution in [1.82, 2.24) is 0 Å². The van der Waals surface area contributed by atoms with Crippen molar-refractivity contribution in [3.8, 4) is 25.7 Å². The molecule has 0 saturated carbocycles. The van der Waals surface area contributed by atoms with Crippen LogP contribution in [0.2, 0.25) is 0 Å². The lowest BCUT2D eigenvalue weighted by Gasteiger charge is -1.97. The minimum Gasteiger partial charge on any atom is -0.469 e. The molecular formula is C25H48O4S4. The number of esters is 2. The summed E-state index contributed by atoms with van der Waals surface area (Å²) in [7, 11) is 9.38. The number of hydrogen-bond donors (Lipinski definition) is 0. The Morgan fingerprint density at radius 1 is 0.697 bits per heavy atom. The largest absolute Gasteiger partial charge is 0.469 e. The molecule has 0 spiro atoms. The summed E-state index contributed by atoms with van der Waals surface area (Å²) in [6, 6.07) is 0. The van der Waals surface area contributed by atoms with E-state index in [1.165, 1.54) is 43.0 Å². The smallest absolute Gasteiger partial charge is 0.305 e. The average molecular weight is 541 g/mol. The van der Waals surface area contributed by atoms with Crippen LogP contribution in [0, 0.1) is 25.7 Å². The van der Waals surface area contributed by atoms with Crippen molar-refractivity contribution >= 4 is 55.1 Å². The maximum absolute atomic E-state index is 10.6. The third kappa shape index (κ3) is 54.1. The number of terminal acetylenes is 2. The quantitative estimate of drug-likeness (QED) is 0.182. The lowest BCUT2D eigenvalue weighted by Crippen LogP contribution is -2.02. The van der Waals surface area contributed by atoms with Gasteiger partial charge in [0.15, 0.2) is 0 Å². The number of carbonyl (C=O) groups is 2. The summed E-state index contributed by atoms with van der Waals surface area (Å²) in [5.74, 6) is 5.34. The molecule has 2 saturated heterocycles. The summed E-state index contributed by atoms with van der Waals surface area (Å²) in [6.45, 7) is 10.4. The Labute approximate surface area is 221 Å². The van der Waals surface area contributed by atoms with Crippen molar-refractivity contribution in [2.45, 2.75) is 86.0 Å². The van der Waals surface area contributed by atoms with Crippen molar-refractivity contribution < 1.29 is 19.1 Å². The maximum Gasteiger partial charge on any atom is 0.305 e. The second-order valence-electron chi connectivity index (χ2n) is 5.58. The summed E-state index contributed by atoms with van der Waals surface area (Å²) in [5.41, 5.74) is 0. The van der Waals surface area contributed by atoms with Gasteiger partial charge in [0.2, 0.25) is 0 Å². The monoisotopic (exact) mass is 540 g/mol. The van der Waals surface area contributed by atoms with Gasteiger partial charge in [-0.15, -0.1) is 25.7 Å². The van der Waals surface area contributed by atoms with Gasteiger partial charge in [-0.2, -0.15) is 0 Å². The van der Waals surface area contributed by atoms with Gasteiger partial charge in [0.25, 0.3) is 0 Å². The van der Waals surface area contributed by atoms with Gasteiger partial charge in [-0.05, 0) is 32.6 Å². The fourth-order valence-corrected chi connectivity index (χ4v) is 6.28. The van der Waals surface area contributed by atoms with E-state index in [9.17, 15) is 9.59 Å². The van der Waals surface area contributed by atoms with Crippen LogP contribution in [0.4, 0.5) is 0 Å². The van der Waals surface area contributed by atoms with Crippen molar-refractivity contribution in [3.63, 3.8) is 0 Å². The van der Waals surface area contributed by atoms with Gasteiger partial charge in [-0.1, -0.05) is 83.7 Å². The molecule has 0 N–H and O–H groups in total. The number of methoxy groups -OCH3 is 1. The summed E-state index contributed by atoms with van der Waals surface area (Å²) in [6.07, 6.45) is 24.0. The van der Waals surface area contributed by atoms with Crippen molar-refractivity contribution in [2.75, 3.05) is 36.7 Å². The molecule has 0 aromatic carbocycles. The zero-order valence-electron chi connectivity index (χ0n) is 21.8. The first-order chi connectivity index (χ1) is 16.1. The third-order valence-corrected chi connectivity index (χ3v) is 8.23. The van der Waals surface area contributed by atoms with Gasteiger partial charge < -0.3 is 9.47 Å². The van der Waals surface area contributed by atoms with E-state index in [1.54, 1.807) is 0 Å². The van der Waals surface area contributed by atoms with E-state index in [1.807, 2.05) is 70.9 Å². The number of rotatable bonds is 7. The lowest BCUT2D eigenvalue weighted by molar-refractivity contribution is -0.143. The molecule has 33 heavy (non-hydrogen) atoms. The van der Waals surface area contributed by atoms with Crippen LogP contribution < -0.4 is 0 Å². The molecule has 0 unspecified atom stereocenters. The molecule has 0 atom stereocenters. The van der Waals surface area contributed by atoms with E-state index in [-0.39, 0.29) is 11.9 Å². The summed E-state index contributed by atoms with van der Waals surface area (Å²) >= 11 is 0. The van der Waals surface area contributed by atoms with Gasteiger partial charge in [0.1, 0.15) is 0 Å². The number of unbranched alkanes of at least 4 members (excludes halogenated alkanes) is 2.